The zero-order chi connectivity index (χ0) is 15.2. The molecule has 0 saturated carbocycles. The van der Waals surface area contributed by atoms with Crippen LogP contribution < -0.4 is 15.4 Å². The van der Waals surface area contributed by atoms with E-state index >= 15 is 0 Å². The maximum atomic E-state index is 11.9. The second-order valence-corrected chi connectivity index (χ2v) is 8.60. The Morgan fingerprint density at radius 2 is 2.10 bits per heavy atom. The van der Waals surface area contributed by atoms with Gasteiger partial charge in [-0.25, -0.2) is 13.1 Å². The fourth-order valence-corrected chi connectivity index (χ4v) is 4.46. The van der Waals surface area contributed by atoms with Gasteiger partial charge in [-0.2, -0.15) is 0 Å². The van der Waals surface area contributed by atoms with Gasteiger partial charge in [-0.15, -0.1) is 23.7 Å². The molecule has 6 nitrogen and oxygen atoms in total. The number of carbonyl (C=O) groups excluding carboxylic acids is 1. The second kappa shape index (κ2) is 9.75. The minimum absolute atomic E-state index is 0. The first-order valence-corrected chi connectivity index (χ1v) is 9.19. The van der Waals surface area contributed by atoms with E-state index in [1.165, 1.54) is 6.07 Å². The van der Waals surface area contributed by atoms with Crippen molar-refractivity contribution in [2.45, 2.75) is 24.1 Å². The normalized spacial score (nSPS) is 12.5. The molecule has 0 bridgehead atoms. The largest absolute Gasteiger partial charge is 0.353 e. The van der Waals surface area contributed by atoms with Gasteiger partial charge in [0.1, 0.15) is 4.21 Å². The number of carbonyl (C=O) groups is 1. The van der Waals surface area contributed by atoms with Gasteiger partial charge in [0.25, 0.3) is 10.0 Å². The van der Waals surface area contributed by atoms with Gasteiger partial charge in [-0.3, -0.25) is 4.79 Å². The number of rotatable bonds is 8. The van der Waals surface area contributed by atoms with Crippen molar-refractivity contribution in [3.63, 3.8) is 0 Å². The Morgan fingerprint density at radius 1 is 1.43 bits per heavy atom. The Bertz CT molecular complexity index is 551. The summed E-state index contributed by atoms with van der Waals surface area (Å²) in [5, 5.41) is 5.81. The van der Waals surface area contributed by atoms with Crippen molar-refractivity contribution >= 4 is 55.6 Å². The number of hydrogen-bond acceptors (Lipinski definition) is 5. The van der Waals surface area contributed by atoms with Crippen molar-refractivity contribution in [3.05, 3.63) is 15.9 Å². The summed E-state index contributed by atoms with van der Waals surface area (Å²) < 4.78 is 26.9. The van der Waals surface area contributed by atoms with Crippen molar-refractivity contribution in [2.75, 3.05) is 19.6 Å². The molecule has 1 atom stereocenters. The Kier molecular flexibility index (Phi) is 9.66. The van der Waals surface area contributed by atoms with Crippen molar-refractivity contribution in [3.8, 4) is 0 Å². The molecule has 0 spiro atoms. The molecule has 0 aliphatic heterocycles. The molecule has 0 radical (unpaired) electrons. The van der Waals surface area contributed by atoms with Crippen LogP contribution in [0.1, 0.15) is 13.8 Å². The third-order valence-electron chi connectivity index (χ3n) is 2.39. The first-order valence-electron chi connectivity index (χ1n) is 6.10. The first-order chi connectivity index (χ1) is 9.35. The number of halogens is 2. The van der Waals surface area contributed by atoms with Crippen LogP contribution in [-0.2, 0) is 14.8 Å². The fraction of sp³-hybridized carbons (Fsp3) is 0.545. The number of nitrogens with one attached hydrogen (secondary N) is 3. The Labute approximate surface area is 143 Å². The lowest BCUT2D eigenvalue weighted by atomic mass is 10.3. The van der Waals surface area contributed by atoms with Gasteiger partial charge in [-0.1, -0.05) is 6.92 Å². The third-order valence-corrected chi connectivity index (χ3v) is 5.91. The number of thiophene rings is 1. The molecule has 1 heterocycles. The van der Waals surface area contributed by atoms with Crippen LogP contribution in [0.4, 0.5) is 0 Å². The van der Waals surface area contributed by atoms with Crippen LogP contribution in [0, 0.1) is 0 Å². The molecule has 0 aliphatic rings. The van der Waals surface area contributed by atoms with Crippen molar-refractivity contribution < 1.29 is 13.2 Å². The maximum absolute atomic E-state index is 11.9. The summed E-state index contributed by atoms with van der Waals surface area (Å²) in [7, 11) is -3.62. The Hall–Kier alpha value is -0.190. The van der Waals surface area contributed by atoms with Crippen LogP contribution in [0.25, 0.3) is 0 Å². The van der Waals surface area contributed by atoms with Crippen LogP contribution in [0.5, 0.6) is 0 Å². The number of hydrogen-bond donors (Lipinski definition) is 3. The zero-order valence-corrected chi connectivity index (χ0v) is 15.7. The van der Waals surface area contributed by atoms with Gasteiger partial charge in [0.15, 0.2) is 0 Å². The summed E-state index contributed by atoms with van der Waals surface area (Å²) in [5.41, 5.74) is 0. The Balaban J connectivity index is 0.00000400. The van der Waals surface area contributed by atoms with Crippen LogP contribution in [0.2, 0.25) is 0 Å². The highest BCUT2D eigenvalue weighted by Gasteiger charge is 2.17. The van der Waals surface area contributed by atoms with Crippen LogP contribution >= 0.6 is 39.7 Å². The molecule has 0 unspecified atom stereocenters. The highest BCUT2D eigenvalue weighted by molar-refractivity contribution is 9.11. The highest BCUT2D eigenvalue weighted by Crippen LogP contribution is 2.25. The highest BCUT2D eigenvalue weighted by atomic mass is 79.9. The van der Waals surface area contributed by atoms with Crippen molar-refractivity contribution in [2.24, 2.45) is 0 Å². The Morgan fingerprint density at radius 3 is 2.62 bits per heavy atom. The smallest absolute Gasteiger partial charge is 0.250 e. The predicted molar refractivity (Wildman–Crippen MR) is 90.6 cm³/mol. The third kappa shape index (κ3) is 7.57. The number of sulfonamides is 1. The van der Waals surface area contributed by atoms with Crippen LogP contribution in [0.15, 0.2) is 20.1 Å². The molecule has 1 rings (SSSR count). The predicted octanol–water partition coefficient (Wildman–Crippen LogP) is 1.32. The maximum Gasteiger partial charge on any atom is 0.250 e. The summed E-state index contributed by atoms with van der Waals surface area (Å²) in [5.74, 6) is -0.353. The van der Waals surface area contributed by atoms with Gasteiger partial charge >= 0.3 is 0 Å². The van der Waals surface area contributed by atoms with E-state index in [4.69, 9.17) is 0 Å². The zero-order valence-electron chi connectivity index (χ0n) is 11.7. The van der Waals surface area contributed by atoms with E-state index in [2.05, 4.69) is 31.3 Å². The molecule has 21 heavy (non-hydrogen) atoms. The standard InChI is InChI=1S/C11H18BrN3O3S2.ClH/c1-3-13-8(2)6-14-10(16)7-15-20(17,18)11-5-4-9(12)19-11;/h4-5,8,13,15H,3,6-7H2,1-2H3,(H,14,16);1H/t8-;/m1./s1. The number of amides is 1. The van der Waals surface area contributed by atoms with Crippen LogP contribution in [-0.4, -0.2) is 40.0 Å². The van der Waals surface area contributed by atoms with Gasteiger partial charge < -0.3 is 10.6 Å². The van der Waals surface area contributed by atoms with Gasteiger partial charge in [0.2, 0.25) is 5.91 Å². The molecular formula is C11H19BrClN3O3S2. The molecule has 122 valence electrons. The summed E-state index contributed by atoms with van der Waals surface area (Å²) in [6, 6.07) is 3.29. The average molecular weight is 421 g/mol. The molecule has 0 saturated heterocycles. The van der Waals surface area contributed by atoms with E-state index in [0.717, 1.165) is 21.7 Å². The molecule has 10 heteroatoms. The SMILES string of the molecule is CCN[C@H](C)CNC(=O)CNS(=O)(=O)c1ccc(Br)s1.Cl. The molecule has 0 aromatic carbocycles. The first kappa shape index (κ1) is 20.8. The molecule has 0 fully saturated rings. The topological polar surface area (TPSA) is 87.3 Å². The van der Waals surface area contributed by atoms with Gasteiger partial charge in [-0.05, 0) is 41.5 Å². The lowest BCUT2D eigenvalue weighted by Gasteiger charge is -2.13. The summed E-state index contributed by atoms with van der Waals surface area (Å²) in [4.78, 5) is 11.6. The molecule has 0 aliphatic carbocycles. The minimum atomic E-state index is -3.62. The monoisotopic (exact) mass is 419 g/mol. The lowest BCUT2D eigenvalue weighted by molar-refractivity contribution is -0.120. The quantitative estimate of drug-likeness (QED) is 0.592. The summed E-state index contributed by atoms with van der Waals surface area (Å²) in [6.45, 7) is 4.93. The second-order valence-electron chi connectivity index (χ2n) is 4.15. The van der Waals surface area contributed by atoms with Gasteiger partial charge in [0.05, 0.1) is 10.3 Å². The van der Waals surface area contributed by atoms with Crippen molar-refractivity contribution in [1.82, 2.24) is 15.4 Å². The van der Waals surface area contributed by atoms with E-state index in [1.807, 2.05) is 13.8 Å². The van der Waals surface area contributed by atoms with E-state index in [9.17, 15) is 13.2 Å². The number of likely N-dealkylation sites (N-methyl/N-ethyl adjacent to an activating group) is 1. The van der Waals surface area contributed by atoms with Crippen molar-refractivity contribution in [1.29, 1.82) is 0 Å². The minimum Gasteiger partial charge on any atom is -0.353 e. The van der Waals surface area contributed by atoms with Crippen LogP contribution in [0.3, 0.4) is 0 Å². The fourth-order valence-electron chi connectivity index (χ4n) is 1.42. The molecule has 1 amide bonds. The lowest BCUT2D eigenvalue weighted by Crippen LogP contribution is -2.42. The molecular weight excluding hydrogens is 402 g/mol. The van der Waals surface area contributed by atoms with E-state index in [-0.39, 0.29) is 35.1 Å². The van der Waals surface area contributed by atoms with E-state index in [0.29, 0.717) is 6.54 Å². The summed E-state index contributed by atoms with van der Waals surface area (Å²) in [6.07, 6.45) is 0. The molecule has 1 aromatic rings. The summed E-state index contributed by atoms with van der Waals surface area (Å²) >= 11 is 4.30. The van der Waals surface area contributed by atoms with E-state index < -0.39 is 10.0 Å². The van der Waals surface area contributed by atoms with E-state index in [1.54, 1.807) is 6.07 Å². The van der Waals surface area contributed by atoms with Gasteiger partial charge in [0, 0.05) is 12.6 Å². The average Bonchev–Trinajstić information content (AvgIpc) is 2.82. The molecule has 3 N–H and O–H groups in total. The molecule has 1 aromatic heterocycles.